The number of likely N-dealkylation sites (tertiary alicyclic amines) is 1. The van der Waals surface area contributed by atoms with Crippen molar-refractivity contribution in [1.82, 2.24) is 4.90 Å². The van der Waals surface area contributed by atoms with E-state index in [-0.39, 0.29) is 0 Å². The Bertz CT molecular complexity index is 506. The number of nitrogens with zero attached hydrogens (tertiary/aromatic N) is 2. The normalized spacial score (nSPS) is 28.3. The Kier molecular flexibility index (Phi) is 4.57. The van der Waals surface area contributed by atoms with Crippen LogP contribution in [0.1, 0.15) is 37.9 Å². The van der Waals surface area contributed by atoms with Gasteiger partial charge in [0.25, 0.3) is 0 Å². The third-order valence-electron chi connectivity index (χ3n) is 5.14. The van der Waals surface area contributed by atoms with Crippen LogP contribution in [0.15, 0.2) is 22.7 Å². The molecule has 0 radical (unpaired) electrons. The van der Waals surface area contributed by atoms with Crippen LogP contribution in [0, 0.1) is 5.92 Å². The van der Waals surface area contributed by atoms with E-state index in [9.17, 15) is 5.11 Å². The predicted octanol–water partition coefficient (Wildman–Crippen LogP) is 3.42. The minimum Gasteiger partial charge on any atom is -0.389 e. The van der Waals surface area contributed by atoms with Gasteiger partial charge in [-0.1, -0.05) is 6.07 Å². The molecule has 0 bridgehead atoms. The molecular weight excluding hydrogens is 328 g/mol. The number of hydrogen-bond acceptors (Lipinski definition) is 3. The Hall–Kier alpha value is -0.580. The second kappa shape index (κ2) is 6.27. The van der Waals surface area contributed by atoms with Gasteiger partial charge in [0.15, 0.2) is 0 Å². The molecule has 2 saturated heterocycles. The molecule has 4 heteroatoms. The fourth-order valence-electron chi connectivity index (χ4n) is 3.91. The summed E-state index contributed by atoms with van der Waals surface area (Å²) in [7, 11) is 2.28. The van der Waals surface area contributed by atoms with Crippen molar-refractivity contribution in [3.63, 3.8) is 0 Å². The molecule has 0 aromatic heterocycles. The molecule has 0 amide bonds. The van der Waals surface area contributed by atoms with Crippen LogP contribution in [0.5, 0.6) is 0 Å². The molecule has 3 rings (SSSR count). The standard InChI is InChI=1S/C17H25BrN2O/c1-12(21)13-5-6-17(15(18)10-13)20-9-7-16-14(11-20)4-3-8-19(16)2/h5-6,10,12,14,16,21H,3-4,7-9,11H2,1-2H3/t12-,14?,16?/m0/s1. The maximum absolute atomic E-state index is 9.69. The zero-order valence-corrected chi connectivity index (χ0v) is 14.5. The molecule has 1 aromatic rings. The lowest BCUT2D eigenvalue weighted by Crippen LogP contribution is -2.52. The summed E-state index contributed by atoms with van der Waals surface area (Å²) in [6.07, 6.45) is 3.53. The van der Waals surface area contributed by atoms with Gasteiger partial charge in [0.2, 0.25) is 0 Å². The van der Waals surface area contributed by atoms with E-state index in [2.05, 4.69) is 44.9 Å². The van der Waals surface area contributed by atoms with Crippen LogP contribution in [0.3, 0.4) is 0 Å². The van der Waals surface area contributed by atoms with E-state index in [1.807, 2.05) is 13.0 Å². The molecule has 1 N–H and O–H groups in total. The lowest BCUT2D eigenvalue weighted by molar-refractivity contribution is 0.102. The highest BCUT2D eigenvalue weighted by molar-refractivity contribution is 9.10. The zero-order valence-electron chi connectivity index (χ0n) is 12.9. The molecule has 0 spiro atoms. The number of fused-ring (bicyclic) bond motifs is 1. The van der Waals surface area contributed by atoms with Gasteiger partial charge < -0.3 is 14.9 Å². The molecule has 2 aliphatic heterocycles. The molecule has 0 saturated carbocycles. The third-order valence-corrected chi connectivity index (χ3v) is 5.78. The number of benzene rings is 1. The Morgan fingerprint density at radius 2 is 2.10 bits per heavy atom. The van der Waals surface area contributed by atoms with Gasteiger partial charge in [-0.3, -0.25) is 0 Å². The summed E-state index contributed by atoms with van der Waals surface area (Å²) in [4.78, 5) is 5.06. The van der Waals surface area contributed by atoms with Gasteiger partial charge in [0, 0.05) is 23.6 Å². The maximum Gasteiger partial charge on any atom is 0.0762 e. The minimum absolute atomic E-state index is 0.409. The summed E-state index contributed by atoms with van der Waals surface area (Å²) >= 11 is 3.69. The largest absolute Gasteiger partial charge is 0.389 e. The van der Waals surface area contributed by atoms with E-state index in [0.29, 0.717) is 0 Å². The van der Waals surface area contributed by atoms with E-state index in [0.717, 1.165) is 35.1 Å². The van der Waals surface area contributed by atoms with Crippen LogP contribution >= 0.6 is 15.9 Å². The monoisotopic (exact) mass is 352 g/mol. The summed E-state index contributed by atoms with van der Waals surface area (Å²) in [5.74, 6) is 0.792. The van der Waals surface area contributed by atoms with Crippen LogP contribution in [0.25, 0.3) is 0 Å². The average molecular weight is 353 g/mol. The Balaban J connectivity index is 1.76. The molecule has 2 heterocycles. The summed E-state index contributed by atoms with van der Waals surface area (Å²) in [5.41, 5.74) is 2.24. The molecule has 2 aliphatic rings. The number of aliphatic hydroxyl groups is 1. The highest BCUT2D eigenvalue weighted by Gasteiger charge is 2.34. The third kappa shape index (κ3) is 3.13. The topological polar surface area (TPSA) is 26.7 Å². The number of anilines is 1. The number of piperidine rings is 2. The number of hydrogen-bond donors (Lipinski definition) is 1. The molecule has 0 aliphatic carbocycles. The summed E-state index contributed by atoms with van der Waals surface area (Å²) < 4.78 is 1.10. The average Bonchev–Trinajstić information content (AvgIpc) is 2.47. The van der Waals surface area contributed by atoms with Crippen molar-refractivity contribution in [3.8, 4) is 0 Å². The van der Waals surface area contributed by atoms with Crippen molar-refractivity contribution >= 4 is 21.6 Å². The van der Waals surface area contributed by atoms with Crippen molar-refractivity contribution in [1.29, 1.82) is 0 Å². The Morgan fingerprint density at radius 3 is 2.81 bits per heavy atom. The fraction of sp³-hybridized carbons (Fsp3) is 0.647. The van der Waals surface area contributed by atoms with E-state index in [4.69, 9.17) is 0 Å². The number of rotatable bonds is 2. The molecule has 2 fully saturated rings. The van der Waals surface area contributed by atoms with Gasteiger partial charge in [-0.2, -0.15) is 0 Å². The molecule has 3 nitrogen and oxygen atoms in total. The van der Waals surface area contributed by atoms with Crippen molar-refractivity contribution < 1.29 is 5.11 Å². The molecule has 116 valence electrons. The first-order chi connectivity index (χ1) is 10.1. The van der Waals surface area contributed by atoms with Gasteiger partial charge in [-0.25, -0.2) is 0 Å². The van der Waals surface area contributed by atoms with Crippen molar-refractivity contribution in [2.24, 2.45) is 5.92 Å². The molecule has 3 atom stereocenters. The van der Waals surface area contributed by atoms with Crippen molar-refractivity contribution in [2.75, 3.05) is 31.6 Å². The Morgan fingerprint density at radius 1 is 1.29 bits per heavy atom. The SMILES string of the molecule is C[C@H](O)c1ccc(N2CCC3C(CCCN3C)C2)c(Br)c1. The van der Waals surface area contributed by atoms with Gasteiger partial charge in [-0.05, 0) is 79.3 Å². The van der Waals surface area contributed by atoms with Crippen molar-refractivity contribution in [2.45, 2.75) is 38.3 Å². The maximum atomic E-state index is 9.69. The smallest absolute Gasteiger partial charge is 0.0762 e. The second-order valence-electron chi connectivity index (χ2n) is 6.57. The Labute approximate surface area is 136 Å². The highest BCUT2D eigenvalue weighted by atomic mass is 79.9. The lowest BCUT2D eigenvalue weighted by Gasteiger charge is -2.46. The second-order valence-corrected chi connectivity index (χ2v) is 7.43. The fourth-order valence-corrected chi connectivity index (χ4v) is 4.56. The molecule has 2 unspecified atom stereocenters. The van der Waals surface area contributed by atoms with Gasteiger partial charge in [-0.15, -0.1) is 0 Å². The van der Waals surface area contributed by atoms with E-state index in [1.54, 1.807) is 0 Å². The lowest BCUT2D eigenvalue weighted by atomic mass is 9.84. The first-order valence-corrected chi connectivity index (χ1v) is 8.78. The van der Waals surface area contributed by atoms with Crippen LogP contribution in [-0.2, 0) is 0 Å². The summed E-state index contributed by atoms with van der Waals surface area (Å²) in [5, 5.41) is 9.69. The number of aliphatic hydroxyl groups excluding tert-OH is 1. The number of halogens is 1. The summed E-state index contributed by atoms with van der Waals surface area (Å²) in [6, 6.07) is 7.02. The van der Waals surface area contributed by atoms with Crippen LogP contribution in [0.2, 0.25) is 0 Å². The first kappa shape index (κ1) is 15.3. The molecule has 1 aromatic carbocycles. The van der Waals surface area contributed by atoms with E-state index >= 15 is 0 Å². The minimum atomic E-state index is -0.409. The summed E-state index contributed by atoms with van der Waals surface area (Å²) in [6.45, 7) is 5.35. The van der Waals surface area contributed by atoms with E-state index < -0.39 is 6.10 Å². The van der Waals surface area contributed by atoms with Crippen LogP contribution in [0.4, 0.5) is 5.69 Å². The predicted molar refractivity (Wildman–Crippen MR) is 90.7 cm³/mol. The van der Waals surface area contributed by atoms with Crippen LogP contribution < -0.4 is 4.90 Å². The molecular formula is C17H25BrN2O. The van der Waals surface area contributed by atoms with Gasteiger partial charge in [0.05, 0.1) is 11.8 Å². The van der Waals surface area contributed by atoms with Gasteiger partial charge in [0.1, 0.15) is 0 Å². The van der Waals surface area contributed by atoms with E-state index in [1.165, 1.54) is 31.5 Å². The molecule has 21 heavy (non-hydrogen) atoms. The first-order valence-electron chi connectivity index (χ1n) is 7.99. The zero-order chi connectivity index (χ0) is 15.0. The van der Waals surface area contributed by atoms with Crippen molar-refractivity contribution in [3.05, 3.63) is 28.2 Å². The quantitative estimate of drug-likeness (QED) is 0.883. The highest BCUT2D eigenvalue weighted by Crippen LogP contribution is 2.35. The van der Waals surface area contributed by atoms with Gasteiger partial charge >= 0.3 is 0 Å². The van der Waals surface area contributed by atoms with Crippen LogP contribution in [-0.4, -0.2) is 42.7 Å².